The molecular formula is C26H21FI2N2O3S. The molecule has 3 aromatic rings. The number of nitrogens with zero attached hydrogens (tertiary/aromatic N) is 2. The Balaban J connectivity index is 1.54. The zero-order valence-corrected chi connectivity index (χ0v) is 24.1. The number of amides is 1. The van der Waals surface area contributed by atoms with Crippen LogP contribution in [0.4, 0.5) is 10.1 Å². The second-order valence-corrected chi connectivity index (χ2v) is 10.8. The van der Waals surface area contributed by atoms with E-state index in [0.717, 1.165) is 35.5 Å². The third-order valence-electron chi connectivity index (χ3n) is 5.12. The van der Waals surface area contributed by atoms with Gasteiger partial charge in [-0.2, -0.15) is 0 Å². The lowest BCUT2D eigenvalue weighted by atomic mass is 10.2. The van der Waals surface area contributed by atoms with E-state index >= 15 is 0 Å². The SMILES string of the molecule is CCN1C(=O)/C(=C\c2cc(I)c(OCc3ccc(F)cc3)c(I)c2)SC1=Nc1ccc(OC)cc1. The van der Waals surface area contributed by atoms with E-state index in [1.807, 2.05) is 49.4 Å². The maximum absolute atomic E-state index is 13.1. The first kappa shape index (κ1) is 26.0. The third-order valence-corrected chi connectivity index (χ3v) is 7.73. The highest BCUT2D eigenvalue weighted by molar-refractivity contribution is 14.1. The summed E-state index contributed by atoms with van der Waals surface area (Å²) in [6.45, 7) is 2.81. The lowest BCUT2D eigenvalue weighted by Gasteiger charge is -2.12. The summed E-state index contributed by atoms with van der Waals surface area (Å²) in [5.41, 5.74) is 2.55. The van der Waals surface area contributed by atoms with Crippen LogP contribution in [-0.4, -0.2) is 29.6 Å². The molecule has 0 radical (unpaired) electrons. The normalized spacial score (nSPS) is 15.8. The van der Waals surface area contributed by atoms with Crippen molar-refractivity contribution in [2.75, 3.05) is 13.7 Å². The minimum absolute atomic E-state index is 0.0635. The molecule has 1 fully saturated rings. The van der Waals surface area contributed by atoms with Crippen molar-refractivity contribution in [3.8, 4) is 11.5 Å². The highest BCUT2D eigenvalue weighted by Gasteiger charge is 2.32. The molecule has 180 valence electrons. The van der Waals surface area contributed by atoms with Crippen molar-refractivity contribution in [3.63, 3.8) is 0 Å². The molecule has 35 heavy (non-hydrogen) atoms. The van der Waals surface area contributed by atoms with Gasteiger partial charge in [0.25, 0.3) is 5.91 Å². The molecule has 1 aliphatic heterocycles. The largest absolute Gasteiger partial charge is 0.497 e. The van der Waals surface area contributed by atoms with Crippen LogP contribution in [0.25, 0.3) is 6.08 Å². The van der Waals surface area contributed by atoms with Crippen LogP contribution in [0.1, 0.15) is 18.1 Å². The molecule has 1 aliphatic rings. The number of benzene rings is 3. The van der Waals surface area contributed by atoms with Gasteiger partial charge in [0.2, 0.25) is 0 Å². The van der Waals surface area contributed by atoms with E-state index in [-0.39, 0.29) is 11.7 Å². The van der Waals surface area contributed by atoms with Crippen LogP contribution in [0.15, 0.2) is 70.6 Å². The summed E-state index contributed by atoms with van der Waals surface area (Å²) in [4.78, 5) is 20.0. The second kappa shape index (κ2) is 11.7. The van der Waals surface area contributed by atoms with E-state index in [9.17, 15) is 9.18 Å². The van der Waals surface area contributed by atoms with Gasteiger partial charge in [0.05, 0.1) is 24.8 Å². The van der Waals surface area contributed by atoms with E-state index < -0.39 is 0 Å². The number of rotatable bonds is 7. The molecule has 1 heterocycles. The number of aliphatic imine (C=N–C) groups is 1. The molecular weight excluding hydrogens is 693 g/mol. The van der Waals surface area contributed by atoms with Gasteiger partial charge >= 0.3 is 0 Å². The van der Waals surface area contributed by atoms with Crippen molar-refractivity contribution in [2.24, 2.45) is 4.99 Å². The number of hydrogen-bond donors (Lipinski definition) is 0. The molecule has 9 heteroatoms. The highest BCUT2D eigenvalue weighted by Crippen LogP contribution is 2.36. The second-order valence-electron chi connectivity index (χ2n) is 7.48. The number of thioether (sulfide) groups is 1. The predicted molar refractivity (Wildman–Crippen MR) is 156 cm³/mol. The topological polar surface area (TPSA) is 51.1 Å². The number of hydrogen-bond acceptors (Lipinski definition) is 5. The molecule has 3 aromatic carbocycles. The van der Waals surface area contributed by atoms with Crippen LogP contribution in [0, 0.1) is 13.0 Å². The number of halogens is 3. The van der Waals surface area contributed by atoms with Crippen LogP contribution in [0.5, 0.6) is 11.5 Å². The number of methoxy groups -OCH3 is 1. The molecule has 0 spiro atoms. The zero-order valence-electron chi connectivity index (χ0n) is 18.9. The Hall–Kier alpha value is -2.12. The molecule has 0 bridgehead atoms. The van der Waals surface area contributed by atoms with Crippen LogP contribution >= 0.6 is 56.9 Å². The van der Waals surface area contributed by atoms with Crippen LogP contribution in [-0.2, 0) is 11.4 Å². The van der Waals surface area contributed by atoms with Crippen molar-refractivity contribution in [2.45, 2.75) is 13.5 Å². The summed E-state index contributed by atoms with van der Waals surface area (Å²) in [5.74, 6) is 1.19. The van der Waals surface area contributed by atoms with E-state index in [4.69, 9.17) is 9.47 Å². The van der Waals surface area contributed by atoms with Crippen LogP contribution in [0.3, 0.4) is 0 Å². The van der Waals surface area contributed by atoms with Crippen molar-refractivity contribution in [3.05, 3.63) is 89.7 Å². The first-order valence-corrected chi connectivity index (χ1v) is 13.7. The molecule has 0 saturated carbocycles. The highest BCUT2D eigenvalue weighted by atomic mass is 127. The van der Waals surface area contributed by atoms with Gasteiger partial charge in [-0.1, -0.05) is 12.1 Å². The lowest BCUT2D eigenvalue weighted by molar-refractivity contribution is -0.122. The molecule has 4 rings (SSSR count). The molecule has 5 nitrogen and oxygen atoms in total. The molecule has 0 atom stereocenters. The van der Waals surface area contributed by atoms with Crippen molar-refractivity contribution in [1.29, 1.82) is 0 Å². The summed E-state index contributed by atoms with van der Waals surface area (Å²) in [5, 5.41) is 0.651. The monoisotopic (exact) mass is 714 g/mol. The van der Waals surface area contributed by atoms with E-state index in [1.165, 1.54) is 23.9 Å². The Morgan fingerprint density at radius 3 is 2.31 bits per heavy atom. The first-order valence-electron chi connectivity index (χ1n) is 10.7. The smallest absolute Gasteiger partial charge is 0.266 e. The van der Waals surface area contributed by atoms with E-state index in [2.05, 4.69) is 50.2 Å². The summed E-state index contributed by atoms with van der Waals surface area (Å²) in [6.07, 6.45) is 1.89. The van der Waals surface area contributed by atoms with Gasteiger partial charge in [-0.05, 0) is 130 Å². The summed E-state index contributed by atoms with van der Waals surface area (Å²) in [6, 6.07) is 17.6. The fourth-order valence-electron chi connectivity index (χ4n) is 3.33. The Labute approximate surface area is 235 Å². The fourth-order valence-corrected chi connectivity index (χ4v) is 6.52. The van der Waals surface area contributed by atoms with Crippen molar-refractivity contribution >= 4 is 79.8 Å². The summed E-state index contributed by atoms with van der Waals surface area (Å²) >= 11 is 5.83. The Bertz CT molecular complexity index is 1270. The predicted octanol–water partition coefficient (Wildman–Crippen LogP) is 7.25. The average Bonchev–Trinajstić information content (AvgIpc) is 3.13. The summed E-state index contributed by atoms with van der Waals surface area (Å²) in [7, 11) is 1.62. The van der Waals surface area contributed by atoms with Gasteiger partial charge in [-0.25, -0.2) is 9.38 Å². The molecule has 0 aliphatic carbocycles. The Morgan fingerprint density at radius 1 is 1.06 bits per heavy atom. The van der Waals surface area contributed by atoms with Crippen LogP contribution in [0.2, 0.25) is 0 Å². The molecule has 0 N–H and O–H groups in total. The average molecular weight is 714 g/mol. The molecule has 1 amide bonds. The van der Waals surface area contributed by atoms with Gasteiger partial charge in [-0.3, -0.25) is 9.69 Å². The third kappa shape index (κ3) is 6.36. The zero-order chi connectivity index (χ0) is 24.9. The molecule has 0 aromatic heterocycles. The van der Waals surface area contributed by atoms with Gasteiger partial charge in [-0.15, -0.1) is 0 Å². The summed E-state index contributed by atoms with van der Waals surface area (Å²) < 4.78 is 26.2. The van der Waals surface area contributed by atoms with E-state index in [0.29, 0.717) is 23.2 Å². The van der Waals surface area contributed by atoms with Gasteiger partial charge in [0.1, 0.15) is 23.9 Å². The Kier molecular flexibility index (Phi) is 8.71. The Morgan fingerprint density at radius 2 is 1.71 bits per heavy atom. The maximum Gasteiger partial charge on any atom is 0.266 e. The van der Waals surface area contributed by atoms with Crippen LogP contribution < -0.4 is 9.47 Å². The molecule has 1 saturated heterocycles. The number of likely N-dealkylation sites (N-methyl/N-ethyl adjacent to an activating group) is 1. The lowest BCUT2D eigenvalue weighted by Crippen LogP contribution is -2.28. The minimum atomic E-state index is -0.270. The van der Waals surface area contributed by atoms with Crippen molar-refractivity contribution in [1.82, 2.24) is 4.90 Å². The van der Waals surface area contributed by atoms with Gasteiger partial charge in [0.15, 0.2) is 5.17 Å². The fraction of sp³-hybridized carbons (Fsp3) is 0.154. The number of carbonyl (C=O) groups excluding carboxylic acids is 1. The van der Waals surface area contributed by atoms with Crippen molar-refractivity contribution < 1.29 is 18.7 Å². The standard InChI is InChI=1S/C26H21FI2N2O3S/c1-3-31-25(32)23(35-26(31)30-19-8-10-20(33-2)11-9-19)14-17-12-21(28)24(22(29)13-17)34-15-16-4-6-18(27)7-5-16/h4-14H,3,15H2,1-2H3/b23-14+,30-26?. The number of ether oxygens (including phenoxy) is 2. The first-order chi connectivity index (χ1) is 16.9. The van der Waals surface area contributed by atoms with Gasteiger partial charge in [0, 0.05) is 6.54 Å². The maximum atomic E-state index is 13.1. The minimum Gasteiger partial charge on any atom is -0.497 e. The van der Waals surface area contributed by atoms with Gasteiger partial charge < -0.3 is 9.47 Å². The molecule has 0 unspecified atom stereocenters. The van der Waals surface area contributed by atoms with E-state index in [1.54, 1.807) is 24.1 Å². The quantitative estimate of drug-likeness (QED) is 0.191. The number of carbonyl (C=O) groups is 1. The number of amidine groups is 1.